The van der Waals surface area contributed by atoms with Gasteiger partial charge in [0, 0.05) is 68.6 Å². The van der Waals surface area contributed by atoms with E-state index in [1.54, 1.807) is 6.92 Å². The molecular formula is C35H39N3O3. The molecule has 0 aromatic heterocycles. The van der Waals surface area contributed by atoms with Crippen molar-refractivity contribution in [2.24, 2.45) is 0 Å². The average Bonchev–Trinajstić information content (AvgIpc) is 2.97. The quantitative estimate of drug-likeness (QED) is 0.0946. The summed E-state index contributed by atoms with van der Waals surface area (Å²) < 4.78 is 5.12. The van der Waals surface area contributed by atoms with Gasteiger partial charge in [-0.2, -0.15) is 0 Å². The van der Waals surface area contributed by atoms with Gasteiger partial charge < -0.3 is 19.9 Å². The van der Waals surface area contributed by atoms with Crippen LogP contribution in [0.3, 0.4) is 0 Å². The molecule has 6 heteroatoms. The van der Waals surface area contributed by atoms with E-state index in [-0.39, 0.29) is 24.9 Å². The maximum absolute atomic E-state index is 12.8. The molecule has 4 rings (SSSR count). The molecule has 0 aliphatic rings. The summed E-state index contributed by atoms with van der Waals surface area (Å²) in [5, 5.41) is 5.13. The molecule has 0 aliphatic heterocycles. The molecule has 1 N–H and O–H groups in total. The first kappa shape index (κ1) is 29.4. The number of hydrogen-bond acceptors (Lipinski definition) is 5. The molecule has 0 fully saturated rings. The number of amides is 1. The van der Waals surface area contributed by atoms with Gasteiger partial charge in [-0.1, -0.05) is 61.2 Å². The Labute approximate surface area is 243 Å². The molecule has 4 aromatic rings. The molecule has 0 unspecified atom stereocenters. The van der Waals surface area contributed by atoms with Gasteiger partial charge >= 0.3 is 5.97 Å². The maximum Gasteiger partial charge on any atom is 0.333 e. The first-order valence-corrected chi connectivity index (χ1v) is 13.8. The fourth-order valence-corrected chi connectivity index (χ4v) is 4.90. The number of carbonyl (C=O) groups excluding carboxylic acids is 2. The van der Waals surface area contributed by atoms with Gasteiger partial charge in [0.2, 0.25) is 5.91 Å². The Balaban J connectivity index is 1.67. The lowest BCUT2D eigenvalue weighted by molar-refractivity contribution is -0.139. The predicted molar refractivity (Wildman–Crippen MR) is 170 cm³/mol. The van der Waals surface area contributed by atoms with Gasteiger partial charge in [0.1, 0.15) is 0 Å². The second-order valence-electron chi connectivity index (χ2n) is 10.7. The molecule has 41 heavy (non-hydrogen) atoms. The van der Waals surface area contributed by atoms with Crippen LogP contribution in [0.25, 0.3) is 10.8 Å². The number of carbonyl (C=O) groups is 2. The highest BCUT2D eigenvalue weighted by Crippen LogP contribution is 2.39. The fraction of sp³-hybridized carbons (Fsp3) is 0.257. The molecule has 0 atom stereocenters. The van der Waals surface area contributed by atoms with E-state index in [2.05, 4.69) is 82.4 Å². The van der Waals surface area contributed by atoms with E-state index in [0.717, 1.165) is 27.8 Å². The van der Waals surface area contributed by atoms with E-state index in [0.29, 0.717) is 12.0 Å². The van der Waals surface area contributed by atoms with Crippen molar-refractivity contribution in [1.82, 2.24) is 0 Å². The zero-order chi connectivity index (χ0) is 29.5. The van der Waals surface area contributed by atoms with Crippen molar-refractivity contribution < 1.29 is 14.3 Å². The first-order chi connectivity index (χ1) is 19.7. The number of hydrogen-bond donors (Lipinski definition) is 1. The molecule has 0 spiro atoms. The lowest BCUT2D eigenvalue weighted by atomic mass is 9.82. The van der Waals surface area contributed by atoms with Crippen LogP contribution in [0.15, 0.2) is 97.1 Å². The van der Waals surface area contributed by atoms with Gasteiger partial charge in [-0.05, 0) is 65.8 Å². The van der Waals surface area contributed by atoms with Gasteiger partial charge in [-0.25, -0.2) is 4.79 Å². The summed E-state index contributed by atoms with van der Waals surface area (Å²) in [7, 11) is 8.17. The standard InChI is InChI=1S/C35H39N3O3/c1-24(2)35(40)41-23-9-12-33(39)36-32-22-21-31(29-10-7-8-11-30(29)32)34(25-13-17-27(18-14-25)37(3)4)26-15-19-28(20-16-26)38(5)6/h7-8,10-11,13-22,34H,1,9,12,23H2,2-6H3,(H,36,39). The lowest BCUT2D eigenvalue weighted by Crippen LogP contribution is -2.14. The number of esters is 1. The normalized spacial score (nSPS) is 10.9. The van der Waals surface area contributed by atoms with E-state index in [4.69, 9.17) is 4.74 Å². The highest BCUT2D eigenvalue weighted by atomic mass is 16.5. The van der Waals surface area contributed by atoms with Gasteiger partial charge in [0.25, 0.3) is 0 Å². The van der Waals surface area contributed by atoms with Gasteiger partial charge in [0.15, 0.2) is 0 Å². The summed E-state index contributed by atoms with van der Waals surface area (Å²) in [6.07, 6.45) is 0.688. The fourth-order valence-electron chi connectivity index (χ4n) is 4.90. The Morgan fingerprint density at radius 1 is 0.780 bits per heavy atom. The highest BCUT2D eigenvalue weighted by molar-refractivity contribution is 6.03. The molecular weight excluding hydrogens is 510 g/mol. The molecule has 1 amide bonds. The van der Waals surface area contributed by atoms with Crippen LogP contribution in [-0.4, -0.2) is 46.7 Å². The van der Waals surface area contributed by atoms with Crippen molar-refractivity contribution in [2.75, 3.05) is 49.9 Å². The summed E-state index contributed by atoms with van der Waals surface area (Å²) in [4.78, 5) is 28.6. The number of rotatable bonds is 11. The monoisotopic (exact) mass is 549 g/mol. The minimum Gasteiger partial charge on any atom is -0.462 e. The lowest BCUT2D eigenvalue weighted by Gasteiger charge is -2.24. The Kier molecular flexibility index (Phi) is 9.45. The summed E-state index contributed by atoms with van der Waals surface area (Å²) >= 11 is 0. The molecule has 212 valence electrons. The predicted octanol–water partition coefficient (Wildman–Crippen LogP) is 6.99. The van der Waals surface area contributed by atoms with E-state index in [1.165, 1.54) is 16.7 Å². The minimum absolute atomic E-state index is 0.0000728. The van der Waals surface area contributed by atoms with Gasteiger partial charge in [-0.3, -0.25) is 4.79 Å². The Morgan fingerprint density at radius 3 is 1.83 bits per heavy atom. The smallest absolute Gasteiger partial charge is 0.333 e. The Morgan fingerprint density at radius 2 is 1.32 bits per heavy atom. The SMILES string of the molecule is C=C(C)C(=O)OCCCC(=O)Nc1ccc(C(c2ccc(N(C)C)cc2)c2ccc(N(C)C)cc2)c2ccccc12. The number of anilines is 3. The molecule has 0 heterocycles. The van der Waals surface area contributed by atoms with Crippen molar-refractivity contribution in [3.05, 3.63) is 114 Å². The van der Waals surface area contributed by atoms with Gasteiger partial charge in [0.05, 0.1) is 6.61 Å². The van der Waals surface area contributed by atoms with Crippen molar-refractivity contribution in [1.29, 1.82) is 0 Å². The minimum atomic E-state index is -0.436. The number of ether oxygens (including phenoxy) is 1. The summed E-state index contributed by atoms with van der Waals surface area (Å²) in [5.74, 6) is -0.557. The van der Waals surface area contributed by atoms with E-state index in [9.17, 15) is 9.59 Å². The number of fused-ring (bicyclic) bond motifs is 1. The van der Waals surface area contributed by atoms with Crippen LogP contribution in [0, 0.1) is 0 Å². The topological polar surface area (TPSA) is 61.9 Å². The molecule has 0 bridgehead atoms. The number of benzene rings is 4. The summed E-state index contributed by atoms with van der Waals surface area (Å²) in [5.41, 5.74) is 6.96. The number of nitrogens with zero attached hydrogens (tertiary/aromatic N) is 2. The molecule has 0 saturated carbocycles. The van der Waals surface area contributed by atoms with Crippen LogP contribution in [0.2, 0.25) is 0 Å². The van der Waals surface area contributed by atoms with Crippen LogP contribution in [0.4, 0.5) is 17.1 Å². The highest BCUT2D eigenvalue weighted by Gasteiger charge is 2.21. The molecule has 0 saturated heterocycles. The van der Waals surface area contributed by atoms with E-state index >= 15 is 0 Å². The first-order valence-electron chi connectivity index (χ1n) is 13.8. The van der Waals surface area contributed by atoms with Crippen LogP contribution in [-0.2, 0) is 14.3 Å². The maximum atomic E-state index is 12.8. The third-order valence-electron chi connectivity index (χ3n) is 7.16. The average molecular weight is 550 g/mol. The zero-order valence-corrected chi connectivity index (χ0v) is 24.6. The van der Waals surface area contributed by atoms with E-state index < -0.39 is 5.97 Å². The third-order valence-corrected chi connectivity index (χ3v) is 7.16. The van der Waals surface area contributed by atoms with Crippen LogP contribution < -0.4 is 15.1 Å². The van der Waals surface area contributed by atoms with Crippen LogP contribution in [0.1, 0.15) is 42.4 Å². The zero-order valence-electron chi connectivity index (χ0n) is 24.6. The molecule has 4 aromatic carbocycles. The van der Waals surface area contributed by atoms with Crippen LogP contribution in [0.5, 0.6) is 0 Å². The summed E-state index contributed by atoms with van der Waals surface area (Å²) in [6.45, 7) is 5.36. The van der Waals surface area contributed by atoms with Crippen LogP contribution >= 0.6 is 0 Å². The number of nitrogens with one attached hydrogen (secondary N) is 1. The van der Waals surface area contributed by atoms with Crippen molar-refractivity contribution in [3.63, 3.8) is 0 Å². The molecule has 0 aliphatic carbocycles. The Bertz CT molecular complexity index is 1470. The second kappa shape index (κ2) is 13.2. The van der Waals surface area contributed by atoms with Crippen molar-refractivity contribution in [3.8, 4) is 0 Å². The van der Waals surface area contributed by atoms with E-state index in [1.807, 2.05) is 52.5 Å². The largest absolute Gasteiger partial charge is 0.462 e. The summed E-state index contributed by atoms with van der Waals surface area (Å²) in [6, 6.07) is 29.7. The van der Waals surface area contributed by atoms with Crippen molar-refractivity contribution >= 4 is 39.7 Å². The molecule has 0 radical (unpaired) electrons. The third kappa shape index (κ3) is 7.14. The second-order valence-corrected chi connectivity index (χ2v) is 10.7. The molecule has 6 nitrogen and oxygen atoms in total. The van der Waals surface area contributed by atoms with Gasteiger partial charge in [-0.15, -0.1) is 0 Å². The van der Waals surface area contributed by atoms with Crippen molar-refractivity contribution in [2.45, 2.75) is 25.7 Å². The Hall–Kier alpha value is -4.58.